The van der Waals surface area contributed by atoms with E-state index in [2.05, 4.69) is 10.6 Å². The molecule has 0 unspecified atom stereocenters. The minimum atomic E-state index is -4.49. The molecule has 2 aromatic rings. The SMILES string of the molecule is Cc1ccc([C@H]2NC(=O)N(CC(=O)Nc3ccc(C(F)(F)F)cc3)C3=C2C(=O)OC3)cc1. The fourth-order valence-electron chi connectivity index (χ4n) is 3.57. The monoisotopic (exact) mass is 445 g/mol. The van der Waals surface area contributed by atoms with Crippen LogP contribution in [-0.4, -0.2) is 36.0 Å². The van der Waals surface area contributed by atoms with Crippen molar-refractivity contribution in [3.05, 3.63) is 76.5 Å². The summed E-state index contributed by atoms with van der Waals surface area (Å²) in [5.74, 6) is -1.22. The third-order valence-corrected chi connectivity index (χ3v) is 5.21. The smallest absolute Gasteiger partial charge is 0.416 e. The van der Waals surface area contributed by atoms with Crippen LogP contribution in [0.3, 0.4) is 0 Å². The molecule has 2 aliphatic rings. The molecule has 10 heteroatoms. The molecular weight excluding hydrogens is 427 g/mol. The molecule has 0 spiro atoms. The highest BCUT2D eigenvalue weighted by Gasteiger charge is 2.42. The molecule has 32 heavy (non-hydrogen) atoms. The summed E-state index contributed by atoms with van der Waals surface area (Å²) >= 11 is 0. The molecule has 0 radical (unpaired) electrons. The largest absolute Gasteiger partial charge is 0.456 e. The summed E-state index contributed by atoms with van der Waals surface area (Å²) in [5.41, 5.74) is 1.54. The number of halogens is 3. The summed E-state index contributed by atoms with van der Waals surface area (Å²) in [4.78, 5) is 38.7. The van der Waals surface area contributed by atoms with Crippen molar-refractivity contribution in [2.24, 2.45) is 0 Å². The highest BCUT2D eigenvalue weighted by Crippen LogP contribution is 2.35. The van der Waals surface area contributed by atoms with E-state index in [4.69, 9.17) is 4.74 Å². The number of esters is 1. The molecule has 3 amide bonds. The zero-order chi connectivity index (χ0) is 23.0. The molecule has 0 saturated heterocycles. The molecule has 2 N–H and O–H groups in total. The summed E-state index contributed by atoms with van der Waals surface area (Å²) in [6.45, 7) is 1.31. The first kappa shape index (κ1) is 21.4. The van der Waals surface area contributed by atoms with E-state index in [0.29, 0.717) is 5.56 Å². The van der Waals surface area contributed by atoms with Gasteiger partial charge in [0.05, 0.1) is 22.9 Å². The van der Waals surface area contributed by atoms with Crippen LogP contribution in [0.4, 0.5) is 23.7 Å². The Labute approximate surface area is 180 Å². The number of benzene rings is 2. The Hall–Kier alpha value is -3.82. The molecule has 4 rings (SSSR count). The van der Waals surface area contributed by atoms with Gasteiger partial charge in [-0.3, -0.25) is 9.69 Å². The molecule has 0 bridgehead atoms. The topological polar surface area (TPSA) is 87.7 Å². The van der Waals surface area contributed by atoms with Crippen LogP contribution in [0.25, 0.3) is 0 Å². The highest BCUT2D eigenvalue weighted by molar-refractivity contribution is 6.00. The van der Waals surface area contributed by atoms with Crippen molar-refractivity contribution < 1.29 is 32.3 Å². The number of alkyl halides is 3. The van der Waals surface area contributed by atoms with Crippen molar-refractivity contribution in [1.29, 1.82) is 0 Å². The van der Waals surface area contributed by atoms with Crippen molar-refractivity contribution in [3.8, 4) is 0 Å². The number of carbonyl (C=O) groups is 3. The van der Waals surface area contributed by atoms with Gasteiger partial charge in [0, 0.05) is 5.69 Å². The van der Waals surface area contributed by atoms with Gasteiger partial charge in [0.15, 0.2) is 0 Å². The average Bonchev–Trinajstić information content (AvgIpc) is 3.12. The van der Waals surface area contributed by atoms with Gasteiger partial charge in [-0.05, 0) is 36.8 Å². The minimum Gasteiger partial charge on any atom is -0.456 e. The zero-order valence-corrected chi connectivity index (χ0v) is 16.8. The number of hydrogen-bond donors (Lipinski definition) is 2. The van der Waals surface area contributed by atoms with Crippen molar-refractivity contribution in [2.75, 3.05) is 18.5 Å². The average molecular weight is 445 g/mol. The first-order valence-electron chi connectivity index (χ1n) is 9.65. The van der Waals surface area contributed by atoms with E-state index in [1.807, 2.05) is 19.1 Å². The van der Waals surface area contributed by atoms with Gasteiger partial charge in [-0.1, -0.05) is 29.8 Å². The number of ether oxygens (including phenoxy) is 1. The molecule has 2 heterocycles. The lowest BCUT2D eigenvalue weighted by Crippen LogP contribution is -2.49. The normalized spacial score (nSPS) is 18.2. The van der Waals surface area contributed by atoms with E-state index in [9.17, 15) is 27.6 Å². The summed E-state index contributed by atoms with van der Waals surface area (Å²) < 4.78 is 43.2. The molecule has 1 atom stereocenters. The second kappa shape index (κ2) is 8.03. The number of nitrogens with one attached hydrogen (secondary N) is 2. The van der Waals surface area contributed by atoms with E-state index < -0.39 is 42.2 Å². The van der Waals surface area contributed by atoms with Gasteiger partial charge in [0.2, 0.25) is 5.91 Å². The molecule has 0 fully saturated rings. The van der Waals surface area contributed by atoms with Gasteiger partial charge < -0.3 is 15.4 Å². The van der Waals surface area contributed by atoms with Crippen LogP contribution in [0.15, 0.2) is 59.8 Å². The van der Waals surface area contributed by atoms with Crippen LogP contribution in [0.2, 0.25) is 0 Å². The standard InChI is InChI=1S/C22H18F3N3O4/c1-12-2-4-13(5-3-12)19-18-16(11-32-20(18)30)28(21(31)27-19)10-17(29)26-15-8-6-14(7-9-15)22(23,24)25/h2-9,19H,10-11H2,1H3,(H,26,29)(H,27,31)/t19-/m1/s1. The Balaban J connectivity index is 1.53. The van der Waals surface area contributed by atoms with E-state index >= 15 is 0 Å². The Morgan fingerprint density at radius 1 is 1.12 bits per heavy atom. The Bertz CT molecular complexity index is 1110. The number of amides is 3. The predicted molar refractivity (Wildman–Crippen MR) is 107 cm³/mol. The second-order valence-electron chi connectivity index (χ2n) is 7.44. The molecule has 7 nitrogen and oxygen atoms in total. The third kappa shape index (κ3) is 4.16. The van der Waals surface area contributed by atoms with E-state index in [0.717, 1.165) is 34.7 Å². The van der Waals surface area contributed by atoms with Crippen molar-refractivity contribution in [3.63, 3.8) is 0 Å². The van der Waals surface area contributed by atoms with Crippen molar-refractivity contribution in [1.82, 2.24) is 10.2 Å². The van der Waals surface area contributed by atoms with Crippen molar-refractivity contribution in [2.45, 2.75) is 19.1 Å². The number of carbonyl (C=O) groups excluding carboxylic acids is 3. The molecule has 0 aromatic heterocycles. The fraction of sp³-hybridized carbons (Fsp3) is 0.227. The van der Waals surface area contributed by atoms with Gasteiger partial charge in [-0.15, -0.1) is 0 Å². The first-order valence-corrected chi connectivity index (χ1v) is 9.65. The van der Waals surface area contributed by atoms with Crippen LogP contribution in [-0.2, 0) is 20.5 Å². The molecular formula is C22H18F3N3O4. The number of rotatable bonds is 4. The highest BCUT2D eigenvalue weighted by atomic mass is 19.4. The van der Waals surface area contributed by atoms with Crippen molar-refractivity contribution >= 4 is 23.6 Å². The maximum absolute atomic E-state index is 12.7. The van der Waals surface area contributed by atoms with E-state index in [1.165, 1.54) is 0 Å². The second-order valence-corrected chi connectivity index (χ2v) is 7.44. The quantitative estimate of drug-likeness (QED) is 0.705. The van der Waals surface area contributed by atoms with Crippen LogP contribution in [0.1, 0.15) is 22.7 Å². The van der Waals surface area contributed by atoms with E-state index in [-0.39, 0.29) is 23.6 Å². The summed E-state index contributed by atoms with van der Waals surface area (Å²) in [6, 6.07) is 9.94. The summed E-state index contributed by atoms with van der Waals surface area (Å²) in [6.07, 6.45) is -4.49. The van der Waals surface area contributed by atoms with E-state index in [1.54, 1.807) is 12.1 Å². The van der Waals surface area contributed by atoms with Gasteiger partial charge in [-0.25, -0.2) is 9.59 Å². The number of urea groups is 1. The molecule has 0 saturated carbocycles. The lowest BCUT2D eigenvalue weighted by Gasteiger charge is -2.32. The number of anilines is 1. The van der Waals surface area contributed by atoms with Gasteiger partial charge in [0.1, 0.15) is 13.2 Å². The van der Waals surface area contributed by atoms with Gasteiger partial charge >= 0.3 is 18.2 Å². The molecule has 166 valence electrons. The molecule has 2 aromatic carbocycles. The zero-order valence-electron chi connectivity index (χ0n) is 16.8. The number of cyclic esters (lactones) is 1. The number of nitrogens with zero attached hydrogens (tertiary/aromatic N) is 1. The fourth-order valence-corrected chi connectivity index (χ4v) is 3.57. The lowest BCUT2D eigenvalue weighted by molar-refractivity contribution is -0.138. The van der Waals surface area contributed by atoms with Crippen LogP contribution < -0.4 is 10.6 Å². The Morgan fingerprint density at radius 2 is 1.78 bits per heavy atom. The molecule has 2 aliphatic heterocycles. The minimum absolute atomic E-state index is 0.144. The predicted octanol–water partition coefficient (Wildman–Crippen LogP) is 3.53. The van der Waals surface area contributed by atoms with Crippen LogP contribution in [0, 0.1) is 6.92 Å². The summed E-state index contributed by atoms with van der Waals surface area (Å²) in [7, 11) is 0. The summed E-state index contributed by atoms with van der Waals surface area (Å²) in [5, 5.41) is 5.17. The third-order valence-electron chi connectivity index (χ3n) is 5.21. The maximum Gasteiger partial charge on any atom is 0.416 e. The maximum atomic E-state index is 12.7. The number of hydrogen-bond acceptors (Lipinski definition) is 4. The van der Waals surface area contributed by atoms with Gasteiger partial charge in [-0.2, -0.15) is 13.2 Å². The Kier molecular flexibility index (Phi) is 5.37. The molecule has 0 aliphatic carbocycles. The Morgan fingerprint density at radius 3 is 2.41 bits per heavy atom. The number of aryl methyl sites for hydroxylation is 1. The lowest BCUT2D eigenvalue weighted by atomic mass is 9.95. The first-order chi connectivity index (χ1) is 15.1. The van der Waals surface area contributed by atoms with Crippen LogP contribution >= 0.6 is 0 Å². The van der Waals surface area contributed by atoms with Crippen LogP contribution in [0.5, 0.6) is 0 Å². The van der Waals surface area contributed by atoms with Gasteiger partial charge in [0.25, 0.3) is 0 Å².